The molecule has 0 N–H and O–H groups in total. The van der Waals surface area contributed by atoms with Crippen LogP contribution in [0.3, 0.4) is 0 Å². The minimum absolute atomic E-state index is 0.417. The normalized spacial score (nSPS) is 11.4. The second kappa shape index (κ2) is 4.35. The minimum Gasteiger partial charge on any atom is -0.487 e. The molecule has 0 aliphatic heterocycles. The minimum atomic E-state index is -4.28. The Morgan fingerprint density at radius 2 is 1.79 bits per heavy atom. The third-order valence-corrected chi connectivity index (χ3v) is 1.57. The summed E-state index contributed by atoms with van der Waals surface area (Å²) in [7, 11) is 0. The highest BCUT2D eigenvalue weighted by atomic mass is 19.4. The Labute approximate surface area is 80.5 Å². The number of halogens is 3. The van der Waals surface area contributed by atoms with Crippen LogP contribution in [0, 0.1) is 6.61 Å². The van der Waals surface area contributed by atoms with Crippen molar-refractivity contribution in [1.82, 2.24) is 0 Å². The largest absolute Gasteiger partial charge is 0.487 e. The van der Waals surface area contributed by atoms with Crippen molar-refractivity contribution in [3.05, 3.63) is 36.4 Å². The van der Waals surface area contributed by atoms with E-state index in [2.05, 4.69) is 0 Å². The first-order valence-corrected chi connectivity index (χ1v) is 4.19. The van der Waals surface area contributed by atoms with Gasteiger partial charge in [0.15, 0.2) is 0 Å². The highest BCUT2D eigenvalue weighted by Gasteiger charge is 2.29. The van der Waals surface area contributed by atoms with Crippen molar-refractivity contribution in [3.63, 3.8) is 0 Å². The van der Waals surface area contributed by atoms with Crippen LogP contribution in [0.25, 0.3) is 0 Å². The van der Waals surface area contributed by atoms with Crippen molar-refractivity contribution >= 4 is 0 Å². The molecule has 1 aromatic rings. The quantitative estimate of drug-likeness (QED) is 0.728. The second-order valence-electron chi connectivity index (χ2n) is 2.71. The van der Waals surface area contributed by atoms with E-state index in [4.69, 9.17) is 4.74 Å². The van der Waals surface area contributed by atoms with Crippen LogP contribution in [0.4, 0.5) is 13.2 Å². The van der Waals surface area contributed by atoms with E-state index in [9.17, 15) is 13.2 Å². The van der Waals surface area contributed by atoms with Gasteiger partial charge in [-0.15, -0.1) is 0 Å². The molecular formula is C10H10F3O. The zero-order chi connectivity index (χ0) is 10.6. The molecule has 0 aliphatic rings. The standard InChI is InChI=1S/C10H10F3O/c1-2-7-14-9-5-3-8(4-6-9)10(11,12)13/h3-7H,2H2,1H3. The summed E-state index contributed by atoms with van der Waals surface area (Å²) in [4.78, 5) is 0. The average Bonchev–Trinajstić information content (AvgIpc) is 2.14. The van der Waals surface area contributed by atoms with Gasteiger partial charge in [-0.2, -0.15) is 13.2 Å². The van der Waals surface area contributed by atoms with Crippen molar-refractivity contribution in [2.75, 3.05) is 0 Å². The van der Waals surface area contributed by atoms with Gasteiger partial charge in [-0.25, -0.2) is 0 Å². The fourth-order valence-electron chi connectivity index (χ4n) is 0.902. The molecule has 0 aromatic heterocycles. The molecule has 1 aromatic carbocycles. The van der Waals surface area contributed by atoms with Gasteiger partial charge in [0.1, 0.15) is 12.4 Å². The molecule has 77 valence electrons. The van der Waals surface area contributed by atoms with Gasteiger partial charge in [-0.05, 0) is 30.7 Å². The molecule has 0 spiro atoms. The lowest BCUT2D eigenvalue weighted by Gasteiger charge is -2.07. The Morgan fingerprint density at radius 1 is 1.21 bits per heavy atom. The fourth-order valence-corrected chi connectivity index (χ4v) is 0.902. The zero-order valence-electron chi connectivity index (χ0n) is 7.64. The lowest BCUT2D eigenvalue weighted by molar-refractivity contribution is -0.137. The lowest BCUT2D eigenvalue weighted by atomic mass is 10.2. The Kier molecular flexibility index (Phi) is 3.38. The van der Waals surface area contributed by atoms with Crippen molar-refractivity contribution in [2.24, 2.45) is 0 Å². The number of hydrogen-bond donors (Lipinski definition) is 0. The van der Waals surface area contributed by atoms with Gasteiger partial charge in [-0.3, -0.25) is 0 Å². The van der Waals surface area contributed by atoms with E-state index in [0.717, 1.165) is 12.1 Å². The van der Waals surface area contributed by atoms with E-state index < -0.39 is 11.7 Å². The Bertz CT molecular complexity index is 276. The molecular weight excluding hydrogens is 193 g/mol. The van der Waals surface area contributed by atoms with Gasteiger partial charge >= 0.3 is 6.18 Å². The summed E-state index contributed by atoms with van der Waals surface area (Å²) in [5, 5.41) is 0. The molecule has 0 aliphatic carbocycles. The van der Waals surface area contributed by atoms with Crippen molar-refractivity contribution in [1.29, 1.82) is 0 Å². The predicted molar refractivity (Wildman–Crippen MR) is 46.7 cm³/mol. The van der Waals surface area contributed by atoms with Crippen molar-refractivity contribution < 1.29 is 17.9 Å². The van der Waals surface area contributed by atoms with E-state index in [-0.39, 0.29) is 0 Å². The Balaban J connectivity index is 2.69. The second-order valence-corrected chi connectivity index (χ2v) is 2.71. The molecule has 0 heterocycles. The summed E-state index contributed by atoms with van der Waals surface area (Å²) in [6.45, 7) is 3.41. The fraction of sp³-hybridized carbons (Fsp3) is 0.300. The molecule has 1 nitrogen and oxygen atoms in total. The van der Waals surface area contributed by atoms with Gasteiger partial charge in [0.2, 0.25) is 0 Å². The third-order valence-electron chi connectivity index (χ3n) is 1.57. The summed E-state index contributed by atoms with van der Waals surface area (Å²) in [6, 6.07) is 4.60. The molecule has 0 bridgehead atoms. The summed E-state index contributed by atoms with van der Waals surface area (Å²) in [5.41, 5.74) is -0.665. The van der Waals surface area contributed by atoms with Crippen LogP contribution >= 0.6 is 0 Å². The monoisotopic (exact) mass is 203 g/mol. The first-order chi connectivity index (χ1) is 6.54. The van der Waals surface area contributed by atoms with Gasteiger partial charge in [0, 0.05) is 0 Å². The molecule has 0 saturated heterocycles. The molecule has 0 fully saturated rings. The maximum Gasteiger partial charge on any atom is 0.416 e. The van der Waals surface area contributed by atoms with Gasteiger partial charge in [0.05, 0.1) is 5.56 Å². The van der Waals surface area contributed by atoms with E-state index in [1.54, 1.807) is 0 Å². The first kappa shape index (κ1) is 10.9. The number of benzene rings is 1. The van der Waals surface area contributed by atoms with Gasteiger partial charge in [-0.1, -0.05) is 6.92 Å². The predicted octanol–water partition coefficient (Wildman–Crippen LogP) is 3.66. The third kappa shape index (κ3) is 2.94. The highest BCUT2D eigenvalue weighted by Crippen LogP contribution is 2.30. The molecule has 4 heteroatoms. The summed E-state index contributed by atoms with van der Waals surface area (Å²) in [5.74, 6) is 0.417. The average molecular weight is 203 g/mol. The summed E-state index contributed by atoms with van der Waals surface area (Å²) in [6.07, 6.45) is -3.58. The van der Waals surface area contributed by atoms with Crippen LogP contribution in [0.1, 0.15) is 18.9 Å². The van der Waals surface area contributed by atoms with E-state index in [0.29, 0.717) is 12.2 Å². The van der Waals surface area contributed by atoms with Crippen LogP contribution in [0.2, 0.25) is 0 Å². The molecule has 0 atom stereocenters. The molecule has 1 rings (SSSR count). The van der Waals surface area contributed by atoms with E-state index in [1.807, 2.05) is 6.92 Å². The van der Waals surface area contributed by atoms with Crippen LogP contribution in [0.5, 0.6) is 5.75 Å². The SMILES string of the molecule is CC[CH]Oc1ccc(C(F)(F)F)cc1. The number of hydrogen-bond acceptors (Lipinski definition) is 1. The molecule has 0 amide bonds. The topological polar surface area (TPSA) is 9.23 Å². The van der Waals surface area contributed by atoms with Crippen molar-refractivity contribution in [2.45, 2.75) is 19.5 Å². The van der Waals surface area contributed by atoms with Gasteiger partial charge < -0.3 is 4.74 Å². The number of alkyl halides is 3. The smallest absolute Gasteiger partial charge is 0.416 e. The number of rotatable bonds is 3. The first-order valence-electron chi connectivity index (χ1n) is 4.19. The van der Waals surface area contributed by atoms with E-state index in [1.165, 1.54) is 18.7 Å². The highest BCUT2D eigenvalue weighted by molar-refractivity contribution is 5.29. The van der Waals surface area contributed by atoms with Crippen LogP contribution < -0.4 is 4.74 Å². The molecule has 0 saturated carbocycles. The lowest BCUT2D eigenvalue weighted by Crippen LogP contribution is -2.04. The van der Waals surface area contributed by atoms with Crippen molar-refractivity contribution in [3.8, 4) is 5.75 Å². The van der Waals surface area contributed by atoms with Crippen LogP contribution in [-0.4, -0.2) is 0 Å². The Morgan fingerprint density at radius 3 is 2.21 bits per heavy atom. The number of ether oxygens (including phenoxy) is 1. The van der Waals surface area contributed by atoms with Gasteiger partial charge in [0.25, 0.3) is 0 Å². The maximum atomic E-state index is 12.1. The van der Waals surface area contributed by atoms with E-state index >= 15 is 0 Å². The maximum absolute atomic E-state index is 12.1. The molecule has 14 heavy (non-hydrogen) atoms. The van der Waals surface area contributed by atoms with Crippen LogP contribution in [-0.2, 0) is 6.18 Å². The molecule has 1 radical (unpaired) electrons. The summed E-state index contributed by atoms with van der Waals surface area (Å²) >= 11 is 0. The Hall–Kier alpha value is -1.19. The zero-order valence-corrected chi connectivity index (χ0v) is 7.64. The molecule has 0 unspecified atom stereocenters. The van der Waals surface area contributed by atoms with Crippen LogP contribution in [0.15, 0.2) is 24.3 Å². The summed E-state index contributed by atoms with van der Waals surface area (Å²) < 4.78 is 41.4.